The number of nitrogens with one attached hydrogen (secondary N) is 4. The Balaban J connectivity index is 2.54. The molecule has 0 spiro atoms. The minimum absolute atomic E-state index is 0.0517. The van der Waals surface area contributed by atoms with Crippen LogP contribution in [-0.4, -0.2) is 68.7 Å². The molecule has 7 N–H and O–H groups in total. The number of rotatable bonds is 10. The van der Waals surface area contributed by atoms with E-state index in [0.29, 0.717) is 5.69 Å². The lowest BCUT2D eigenvalue weighted by atomic mass is 10.1. The fraction of sp³-hybridized carbons (Fsp3) is 0.533. The Bertz CT molecular complexity index is 668. The van der Waals surface area contributed by atoms with Crippen molar-refractivity contribution in [3.63, 3.8) is 0 Å². The first kappa shape index (κ1) is 22.4. The highest BCUT2D eigenvalue weighted by molar-refractivity contribution is 7.80. The summed E-state index contributed by atoms with van der Waals surface area (Å²) in [6, 6.07) is -4.02. The minimum Gasteiger partial charge on any atom is -0.480 e. The molecule has 1 aromatic rings. The maximum Gasteiger partial charge on any atom is 0.325 e. The van der Waals surface area contributed by atoms with Crippen LogP contribution in [0.15, 0.2) is 12.5 Å². The molecule has 0 fully saturated rings. The zero-order valence-corrected chi connectivity index (χ0v) is 15.8. The van der Waals surface area contributed by atoms with Crippen molar-refractivity contribution in [2.75, 3.05) is 5.75 Å². The fourth-order valence-corrected chi connectivity index (χ4v) is 2.24. The van der Waals surface area contributed by atoms with Gasteiger partial charge in [0.15, 0.2) is 0 Å². The van der Waals surface area contributed by atoms with Crippen molar-refractivity contribution in [2.45, 2.75) is 44.4 Å². The van der Waals surface area contributed by atoms with Gasteiger partial charge in [0.25, 0.3) is 0 Å². The molecule has 4 atom stereocenters. The second-order valence-corrected chi connectivity index (χ2v) is 6.30. The first-order valence-electron chi connectivity index (χ1n) is 8.13. The van der Waals surface area contributed by atoms with Crippen LogP contribution in [0.4, 0.5) is 0 Å². The number of amides is 3. The summed E-state index contributed by atoms with van der Waals surface area (Å²) in [5.41, 5.74) is 6.47. The zero-order valence-electron chi connectivity index (χ0n) is 14.9. The number of carbonyl (C=O) groups excluding carboxylic acids is 3. The van der Waals surface area contributed by atoms with Gasteiger partial charge in [0, 0.05) is 24.1 Å². The van der Waals surface area contributed by atoms with Crippen LogP contribution in [0.2, 0.25) is 0 Å². The van der Waals surface area contributed by atoms with Gasteiger partial charge in [-0.3, -0.25) is 19.2 Å². The molecule has 0 saturated carbocycles. The molecule has 0 aromatic carbocycles. The van der Waals surface area contributed by atoms with E-state index in [2.05, 4.69) is 38.5 Å². The number of hydrogen-bond acceptors (Lipinski definition) is 7. The number of aromatic nitrogens is 2. The maximum absolute atomic E-state index is 12.2. The largest absolute Gasteiger partial charge is 0.480 e. The predicted octanol–water partition coefficient (Wildman–Crippen LogP) is -2.21. The smallest absolute Gasteiger partial charge is 0.325 e. The fourth-order valence-electron chi connectivity index (χ4n) is 1.98. The summed E-state index contributed by atoms with van der Waals surface area (Å²) in [4.78, 5) is 53.7. The number of hydrogen-bond donors (Lipinski definition) is 7. The monoisotopic (exact) mass is 400 g/mol. The Morgan fingerprint density at radius 1 is 1.15 bits per heavy atom. The van der Waals surface area contributed by atoms with E-state index >= 15 is 0 Å². The lowest BCUT2D eigenvalue weighted by molar-refractivity contribution is -0.141. The van der Waals surface area contributed by atoms with Gasteiger partial charge in [-0.25, -0.2) is 4.98 Å². The Morgan fingerprint density at radius 2 is 1.78 bits per heavy atom. The lowest BCUT2D eigenvalue weighted by Crippen LogP contribution is -2.56. The molecule has 1 heterocycles. The number of aromatic amines is 1. The highest BCUT2D eigenvalue weighted by Crippen LogP contribution is 1.98. The third kappa shape index (κ3) is 7.27. The summed E-state index contributed by atoms with van der Waals surface area (Å²) < 4.78 is 0. The van der Waals surface area contributed by atoms with Crippen molar-refractivity contribution >= 4 is 36.3 Å². The topological polar surface area (TPSA) is 179 Å². The average Bonchev–Trinajstić information content (AvgIpc) is 3.11. The highest BCUT2D eigenvalue weighted by Gasteiger charge is 2.26. The summed E-state index contributed by atoms with van der Waals surface area (Å²) in [5, 5.41) is 15.9. The third-order valence-corrected chi connectivity index (χ3v) is 3.99. The van der Waals surface area contributed by atoms with E-state index in [0.717, 1.165) is 0 Å². The first-order chi connectivity index (χ1) is 12.6. The number of carbonyl (C=O) groups is 4. The van der Waals surface area contributed by atoms with Gasteiger partial charge in [0.1, 0.15) is 18.1 Å². The molecular weight excluding hydrogens is 376 g/mol. The van der Waals surface area contributed by atoms with Crippen LogP contribution in [0.5, 0.6) is 0 Å². The van der Waals surface area contributed by atoms with Crippen molar-refractivity contribution in [2.24, 2.45) is 5.73 Å². The third-order valence-electron chi connectivity index (χ3n) is 3.63. The van der Waals surface area contributed by atoms with E-state index in [4.69, 9.17) is 10.8 Å². The van der Waals surface area contributed by atoms with Crippen LogP contribution in [0.1, 0.15) is 19.5 Å². The number of nitrogens with two attached hydrogens (primary N) is 1. The number of thiol groups is 1. The van der Waals surface area contributed by atoms with E-state index in [-0.39, 0.29) is 12.2 Å². The van der Waals surface area contributed by atoms with Crippen molar-refractivity contribution in [1.29, 1.82) is 0 Å². The van der Waals surface area contributed by atoms with Gasteiger partial charge in [-0.1, -0.05) is 0 Å². The van der Waals surface area contributed by atoms with Gasteiger partial charge in [0.2, 0.25) is 17.7 Å². The molecule has 4 unspecified atom stereocenters. The first-order valence-corrected chi connectivity index (χ1v) is 8.76. The van der Waals surface area contributed by atoms with Crippen molar-refractivity contribution in [1.82, 2.24) is 25.9 Å². The Hall–Kier alpha value is -2.60. The van der Waals surface area contributed by atoms with Gasteiger partial charge >= 0.3 is 5.97 Å². The molecule has 150 valence electrons. The summed E-state index contributed by atoms with van der Waals surface area (Å²) >= 11 is 3.98. The molecular formula is C15H24N6O5S. The van der Waals surface area contributed by atoms with Crippen LogP contribution in [0.25, 0.3) is 0 Å². The predicted molar refractivity (Wildman–Crippen MR) is 98.9 cm³/mol. The average molecular weight is 400 g/mol. The van der Waals surface area contributed by atoms with Gasteiger partial charge in [-0.05, 0) is 13.8 Å². The van der Waals surface area contributed by atoms with Crippen LogP contribution >= 0.6 is 12.6 Å². The molecule has 27 heavy (non-hydrogen) atoms. The normalized spacial score (nSPS) is 15.1. The highest BCUT2D eigenvalue weighted by atomic mass is 32.1. The standard InChI is InChI=1S/C15H24N6O5S/c1-7(19-13(23)10(16)3-9-4-17-6-18-9)12(22)21-11(5-27)14(24)20-8(2)15(25)26/h4,6-8,10-11,27H,3,5,16H2,1-2H3,(H,17,18)(H,19,23)(H,20,24)(H,21,22)(H,25,26). The summed E-state index contributed by atoms with van der Waals surface area (Å²) in [6.07, 6.45) is 3.22. The summed E-state index contributed by atoms with van der Waals surface area (Å²) in [6.45, 7) is 2.73. The number of nitrogens with zero attached hydrogens (tertiary/aromatic N) is 1. The maximum atomic E-state index is 12.2. The summed E-state index contributed by atoms with van der Waals surface area (Å²) in [7, 11) is 0. The van der Waals surface area contributed by atoms with E-state index in [1.165, 1.54) is 26.4 Å². The van der Waals surface area contributed by atoms with Crippen LogP contribution in [0, 0.1) is 0 Å². The quantitative estimate of drug-likeness (QED) is 0.217. The minimum atomic E-state index is -1.21. The second kappa shape index (κ2) is 10.5. The van der Waals surface area contributed by atoms with Crippen LogP contribution < -0.4 is 21.7 Å². The van der Waals surface area contributed by atoms with Gasteiger partial charge in [-0.15, -0.1) is 0 Å². The van der Waals surface area contributed by atoms with Crippen molar-refractivity contribution in [3.8, 4) is 0 Å². The summed E-state index contributed by atoms with van der Waals surface area (Å²) in [5.74, 6) is -3.13. The molecule has 12 heteroatoms. The Labute approximate surface area is 161 Å². The van der Waals surface area contributed by atoms with E-state index in [1.54, 1.807) is 0 Å². The molecule has 0 aliphatic carbocycles. The zero-order chi connectivity index (χ0) is 20.6. The molecule has 0 aliphatic rings. The number of carboxylic acids is 1. The number of carboxylic acid groups (broad SMARTS) is 1. The molecule has 0 bridgehead atoms. The Morgan fingerprint density at radius 3 is 2.30 bits per heavy atom. The van der Waals surface area contributed by atoms with E-state index in [1.807, 2.05) is 0 Å². The van der Waals surface area contributed by atoms with Gasteiger partial charge in [-0.2, -0.15) is 12.6 Å². The molecule has 1 aromatic heterocycles. The molecule has 1 rings (SSSR count). The van der Waals surface area contributed by atoms with Crippen molar-refractivity contribution in [3.05, 3.63) is 18.2 Å². The lowest BCUT2D eigenvalue weighted by Gasteiger charge is -2.21. The molecule has 11 nitrogen and oxygen atoms in total. The molecule has 3 amide bonds. The number of aliphatic carboxylic acids is 1. The van der Waals surface area contributed by atoms with Gasteiger partial charge < -0.3 is 31.8 Å². The molecule has 0 radical (unpaired) electrons. The van der Waals surface area contributed by atoms with Crippen molar-refractivity contribution < 1.29 is 24.3 Å². The van der Waals surface area contributed by atoms with Crippen LogP contribution in [0.3, 0.4) is 0 Å². The van der Waals surface area contributed by atoms with Crippen LogP contribution in [-0.2, 0) is 25.6 Å². The SMILES string of the molecule is CC(NC(=O)C(CS)NC(=O)C(C)NC(=O)C(N)Cc1cnc[nH]1)C(=O)O. The number of H-pyrrole nitrogens is 1. The molecule has 0 saturated heterocycles. The van der Waals surface area contributed by atoms with E-state index < -0.39 is 47.9 Å². The van der Waals surface area contributed by atoms with Gasteiger partial charge in [0.05, 0.1) is 12.4 Å². The number of imidazole rings is 1. The van der Waals surface area contributed by atoms with E-state index in [9.17, 15) is 19.2 Å². The molecule has 0 aliphatic heterocycles. The Kier molecular flexibility index (Phi) is 8.75. The second-order valence-electron chi connectivity index (χ2n) is 5.93.